The van der Waals surface area contributed by atoms with E-state index in [0.717, 1.165) is 18.2 Å². The highest BCUT2D eigenvalue weighted by Gasteiger charge is 2.33. The third-order valence-corrected chi connectivity index (χ3v) is 7.36. The lowest BCUT2D eigenvalue weighted by atomic mass is 10.1. The van der Waals surface area contributed by atoms with Crippen molar-refractivity contribution >= 4 is 29.0 Å². The Morgan fingerprint density at radius 2 is 1.16 bits per heavy atom. The van der Waals surface area contributed by atoms with Crippen molar-refractivity contribution in [3.8, 4) is 22.5 Å². The van der Waals surface area contributed by atoms with Gasteiger partial charge in [-0.2, -0.15) is 26.3 Å². The second-order valence-electron chi connectivity index (χ2n) is 11.1. The molecule has 0 saturated carbocycles. The predicted molar refractivity (Wildman–Crippen MR) is 178 cm³/mol. The van der Waals surface area contributed by atoms with Crippen LogP contribution < -0.4 is 10.6 Å². The Labute approximate surface area is 282 Å². The molecule has 0 aliphatic heterocycles. The van der Waals surface area contributed by atoms with Crippen molar-refractivity contribution in [2.75, 3.05) is 10.6 Å². The van der Waals surface area contributed by atoms with Gasteiger partial charge >= 0.3 is 12.4 Å². The molecule has 0 saturated heterocycles. The molecule has 14 heteroatoms. The number of hydrogen-bond donors (Lipinski definition) is 2. The van der Waals surface area contributed by atoms with Gasteiger partial charge in [0.2, 0.25) is 11.9 Å². The molecule has 1 aliphatic carbocycles. The maximum Gasteiger partial charge on any atom is 0.416 e. The normalized spacial score (nSPS) is 13.7. The zero-order valence-electron chi connectivity index (χ0n) is 26.1. The van der Waals surface area contributed by atoms with Crippen LogP contribution in [0.5, 0.6) is 0 Å². The number of nitrogens with one attached hydrogen (secondary N) is 2. The lowest BCUT2D eigenvalue weighted by Gasteiger charge is -2.10. The quantitative estimate of drug-likeness (QED) is 0.125. The number of hydrogen-bond acceptors (Lipinski definition) is 8. The van der Waals surface area contributed by atoms with E-state index < -0.39 is 23.5 Å². The second-order valence-corrected chi connectivity index (χ2v) is 11.1. The number of anilines is 3. The highest BCUT2D eigenvalue weighted by atomic mass is 19.4. The molecular weight excluding hydrogens is 658 g/mol. The lowest BCUT2D eigenvalue weighted by molar-refractivity contribution is -0.137. The van der Waals surface area contributed by atoms with E-state index in [2.05, 4.69) is 40.8 Å². The van der Waals surface area contributed by atoms with Crippen molar-refractivity contribution in [1.29, 1.82) is 0 Å². The highest BCUT2D eigenvalue weighted by molar-refractivity contribution is 5.76. The third-order valence-electron chi connectivity index (χ3n) is 7.36. The third kappa shape index (κ3) is 8.27. The van der Waals surface area contributed by atoms with Crippen LogP contribution in [0.25, 0.3) is 22.5 Å². The van der Waals surface area contributed by atoms with Gasteiger partial charge < -0.3 is 10.6 Å². The van der Waals surface area contributed by atoms with Crippen LogP contribution in [0, 0.1) is 0 Å². The van der Waals surface area contributed by atoms with Crippen molar-refractivity contribution in [1.82, 2.24) is 19.9 Å². The van der Waals surface area contributed by atoms with E-state index in [4.69, 9.17) is 0 Å². The molecule has 3 aromatic carbocycles. The highest BCUT2D eigenvalue weighted by Crippen LogP contribution is 2.36. The second kappa shape index (κ2) is 14.1. The zero-order valence-corrected chi connectivity index (χ0v) is 26.1. The molecule has 0 fully saturated rings. The molecule has 6 rings (SSSR count). The van der Waals surface area contributed by atoms with Crippen LogP contribution in [0.15, 0.2) is 143 Å². The predicted octanol–water partition coefficient (Wildman–Crippen LogP) is 10.9. The van der Waals surface area contributed by atoms with Gasteiger partial charge in [-0.1, -0.05) is 48.0 Å². The Bertz CT molecular complexity index is 2130. The number of halogens is 6. The Morgan fingerprint density at radius 3 is 1.70 bits per heavy atom. The molecule has 0 spiro atoms. The van der Waals surface area contributed by atoms with E-state index >= 15 is 0 Å². The van der Waals surface area contributed by atoms with Crippen molar-refractivity contribution in [3.63, 3.8) is 0 Å². The SMILES string of the molecule is CC1=CC(Nc2nccc(-c3ccccc3N=Nc3ccccc3-c3ccnc(Nc4ccc(C(F)(F)F)cc4)n3)n2)=CC=C(C(F)(F)F)C1. The Morgan fingerprint density at radius 1 is 0.620 bits per heavy atom. The molecule has 0 radical (unpaired) electrons. The molecule has 2 aromatic heterocycles. The molecular formula is C36H26F6N8. The van der Waals surface area contributed by atoms with Crippen molar-refractivity contribution in [2.45, 2.75) is 25.7 Å². The largest absolute Gasteiger partial charge is 0.416 e. The first-order valence-corrected chi connectivity index (χ1v) is 15.1. The number of allylic oxidation sites excluding steroid dienone is 5. The Balaban J connectivity index is 1.24. The van der Waals surface area contributed by atoms with E-state index in [1.807, 2.05) is 18.2 Å². The number of alkyl halides is 6. The molecule has 8 nitrogen and oxygen atoms in total. The van der Waals surface area contributed by atoms with Crippen LogP contribution in [0.1, 0.15) is 18.9 Å². The summed E-state index contributed by atoms with van der Waals surface area (Å²) in [4.78, 5) is 17.6. The van der Waals surface area contributed by atoms with Crippen molar-refractivity contribution < 1.29 is 26.3 Å². The van der Waals surface area contributed by atoms with Gasteiger partial charge in [-0.15, -0.1) is 10.2 Å². The minimum atomic E-state index is -4.44. The number of rotatable bonds is 8. The fraction of sp³-hybridized carbons (Fsp3) is 0.111. The first-order chi connectivity index (χ1) is 23.9. The summed E-state index contributed by atoms with van der Waals surface area (Å²) in [7, 11) is 0. The topological polar surface area (TPSA) is 100 Å². The molecule has 0 atom stereocenters. The van der Waals surface area contributed by atoms with Crippen LogP contribution in [-0.2, 0) is 6.18 Å². The molecule has 2 N–H and O–H groups in total. The fourth-order valence-corrected chi connectivity index (χ4v) is 4.99. The molecule has 5 aromatic rings. The summed E-state index contributed by atoms with van der Waals surface area (Å²) in [5.74, 6) is 0.359. The summed E-state index contributed by atoms with van der Waals surface area (Å²) in [5.41, 5.74) is 3.14. The molecule has 2 heterocycles. The standard InChI is InChI=1S/C36H26F6N8/c1-22-20-24(36(40,41)42)12-15-26(21-22)46-34-44-19-17-30(48-34)28-7-3-5-9-32(28)50-49-31-8-4-2-6-27(31)29-16-18-43-33(47-29)45-25-13-10-23(11-14-25)35(37,38)39/h2-19,21H,20H2,1H3,(H,43,45,47)(H,44,46,48). The number of nitrogens with zero attached hydrogens (tertiary/aromatic N) is 6. The van der Waals surface area contributed by atoms with Gasteiger partial charge in [0.25, 0.3) is 0 Å². The van der Waals surface area contributed by atoms with Gasteiger partial charge in [0.1, 0.15) is 0 Å². The van der Waals surface area contributed by atoms with Gasteiger partial charge in [-0.25, -0.2) is 19.9 Å². The summed E-state index contributed by atoms with van der Waals surface area (Å²) in [6.45, 7) is 1.63. The summed E-state index contributed by atoms with van der Waals surface area (Å²) < 4.78 is 78.8. The molecule has 50 heavy (non-hydrogen) atoms. The van der Waals surface area contributed by atoms with Gasteiger partial charge in [-0.05, 0) is 74.0 Å². The van der Waals surface area contributed by atoms with E-state index in [1.165, 1.54) is 30.6 Å². The van der Waals surface area contributed by atoms with E-state index in [-0.39, 0.29) is 18.3 Å². The minimum Gasteiger partial charge on any atom is -0.324 e. The fourth-order valence-electron chi connectivity index (χ4n) is 4.99. The smallest absolute Gasteiger partial charge is 0.324 e. The van der Waals surface area contributed by atoms with Crippen molar-refractivity contribution in [2.24, 2.45) is 10.2 Å². The van der Waals surface area contributed by atoms with Crippen molar-refractivity contribution in [3.05, 3.63) is 138 Å². The zero-order chi connectivity index (χ0) is 35.3. The van der Waals surface area contributed by atoms with Gasteiger partial charge in [-0.3, -0.25) is 0 Å². The number of aromatic nitrogens is 4. The summed E-state index contributed by atoms with van der Waals surface area (Å²) >= 11 is 0. The molecule has 252 valence electrons. The first-order valence-electron chi connectivity index (χ1n) is 15.1. The summed E-state index contributed by atoms with van der Waals surface area (Å²) in [6, 6.07) is 22.2. The first kappa shape index (κ1) is 33.7. The van der Waals surface area contributed by atoms with E-state index in [1.54, 1.807) is 55.5 Å². The Hall–Kier alpha value is -6.18. The van der Waals surface area contributed by atoms with Crippen LogP contribution in [0.4, 0.5) is 55.3 Å². The van der Waals surface area contributed by atoms with E-state index in [9.17, 15) is 26.3 Å². The molecule has 0 bridgehead atoms. The summed E-state index contributed by atoms with van der Waals surface area (Å²) in [6.07, 6.45) is -2.02. The maximum atomic E-state index is 13.3. The van der Waals surface area contributed by atoms with Gasteiger partial charge in [0.15, 0.2) is 0 Å². The van der Waals surface area contributed by atoms with Gasteiger partial charge in [0, 0.05) is 40.5 Å². The minimum absolute atomic E-state index is 0.176. The van der Waals surface area contributed by atoms with Crippen LogP contribution in [-0.4, -0.2) is 26.1 Å². The van der Waals surface area contributed by atoms with Crippen LogP contribution in [0.2, 0.25) is 0 Å². The average molecular weight is 685 g/mol. The van der Waals surface area contributed by atoms with Crippen LogP contribution >= 0.6 is 0 Å². The van der Waals surface area contributed by atoms with E-state index in [0.29, 0.717) is 50.8 Å². The molecule has 0 amide bonds. The number of benzene rings is 3. The lowest BCUT2D eigenvalue weighted by Crippen LogP contribution is -2.11. The Kier molecular flexibility index (Phi) is 9.52. The number of azo groups is 1. The monoisotopic (exact) mass is 684 g/mol. The average Bonchev–Trinajstić information content (AvgIpc) is 3.28. The maximum absolute atomic E-state index is 13.3. The van der Waals surface area contributed by atoms with Gasteiger partial charge in [0.05, 0.1) is 28.3 Å². The van der Waals surface area contributed by atoms with Crippen LogP contribution in [0.3, 0.4) is 0 Å². The summed E-state index contributed by atoms with van der Waals surface area (Å²) in [5, 5.41) is 14.9. The molecule has 1 aliphatic rings. The molecule has 0 unspecified atom stereocenters.